The van der Waals surface area contributed by atoms with Crippen LogP contribution in [-0.2, 0) is 15.6 Å². The fraction of sp³-hybridized carbons (Fsp3) is 0.435. The van der Waals surface area contributed by atoms with Crippen molar-refractivity contribution in [3.05, 3.63) is 47.2 Å². The molecule has 1 fully saturated rings. The lowest BCUT2D eigenvalue weighted by Gasteiger charge is -2.42. The quantitative estimate of drug-likeness (QED) is 0.665. The number of aromatic nitrogens is 1. The summed E-state index contributed by atoms with van der Waals surface area (Å²) in [5.41, 5.74) is 6.88. The molecule has 0 N–H and O–H groups in total. The Morgan fingerprint density at radius 2 is 1.64 bits per heavy atom. The standard InChI is InChI=1S/C23H26N2O2S/c1-14-10-17-18(23(4,5)9-8-22(17,2)3)11-16(14)19-7-6-15(12-24-19)25-20(26)13-28-21(25)27/h6-7,10-12H,8-9,13H2,1-5H3. The van der Waals surface area contributed by atoms with Gasteiger partial charge in [0, 0.05) is 5.56 Å². The molecular weight excluding hydrogens is 368 g/mol. The Balaban J connectivity index is 1.76. The number of anilines is 1. The van der Waals surface area contributed by atoms with Gasteiger partial charge in [0.1, 0.15) is 0 Å². The van der Waals surface area contributed by atoms with E-state index in [2.05, 4.69) is 51.7 Å². The first-order valence-electron chi connectivity index (χ1n) is 9.72. The number of imide groups is 1. The first kappa shape index (κ1) is 19.2. The summed E-state index contributed by atoms with van der Waals surface area (Å²) < 4.78 is 0. The Morgan fingerprint density at radius 3 is 2.18 bits per heavy atom. The zero-order valence-corrected chi connectivity index (χ0v) is 17.9. The molecule has 28 heavy (non-hydrogen) atoms. The Bertz CT molecular complexity index is 961. The van der Waals surface area contributed by atoms with Crippen LogP contribution in [0, 0.1) is 6.92 Å². The number of fused-ring (bicyclic) bond motifs is 1. The van der Waals surface area contributed by atoms with Crippen LogP contribution in [0.4, 0.5) is 10.5 Å². The van der Waals surface area contributed by atoms with Crippen LogP contribution in [0.3, 0.4) is 0 Å². The molecule has 0 atom stereocenters. The number of thioether (sulfide) groups is 1. The summed E-state index contributed by atoms with van der Waals surface area (Å²) in [6.07, 6.45) is 3.98. The highest BCUT2D eigenvalue weighted by Crippen LogP contribution is 2.47. The van der Waals surface area contributed by atoms with Gasteiger partial charge in [-0.25, -0.2) is 4.90 Å². The van der Waals surface area contributed by atoms with Crippen LogP contribution in [-0.4, -0.2) is 21.9 Å². The van der Waals surface area contributed by atoms with Crippen molar-refractivity contribution in [2.24, 2.45) is 0 Å². The molecule has 0 bridgehead atoms. The molecule has 1 aliphatic carbocycles. The molecule has 1 saturated heterocycles. The largest absolute Gasteiger partial charge is 0.293 e. The summed E-state index contributed by atoms with van der Waals surface area (Å²) in [5.74, 6) is 0.0218. The van der Waals surface area contributed by atoms with E-state index in [4.69, 9.17) is 0 Å². The number of aryl methyl sites for hydroxylation is 1. The monoisotopic (exact) mass is 394 g/mol. The van der Waals surface area contributed by atoms with Crippen molar-refractivity contribution in [3.63, 3.8) is 0 Å². The molecular formula is C23H26N2O2S. The van der Waals surface area contributed by atoms with E-state index in [9.17, 15) is 9.59 Å². The minimum Gasteiger partial charge on any atom is -0.273 e. The Morgan fingerprint density at radius 1 is 1.00 bits per heavy atom. The molecule has 4 nitrogen and oxygen atoms in total. The molecule has 1 aromatic heterocycles. The van der Waals surface area contributed by atoms with Crippen molar-refractivity contribution >= 4 is 28.6 Å². The molecule has 2 aliphatic rings. The van der Waals surface area contributed by atoms with E-state index >= 15 is 0 Å². The SMILES string of the molecule is Cc1cc2c(cc1-c1ccc(N3C(=O)CSC3=O)cn1)C(C)(C)CCC2(C)C. The van der Waals surface area contributed by atoms with Crippen LogP contribution < -0.4 is 4.90 Å². The highest BCUT2D eigenvalue weighted by atomic mass is 32.2. The van der Waals surface area contributed by atoms with Crippen LogP contribution in [0.15, 0.2) is 30.5 Å². The third kappa shape index (κ3) is 3.06. The smallest absolute Gasteiger partial charge is 0.273 e. The average Bonchev–Trinajstić information content (AvgIpc) is 2.97. The van der Waals surface area contributed by atoms with Gasteiger partial charge < -0.3 is 0 Å². The molecule has 2 amide bonds. The number of carbonyl (C=O) groups is 2. The van der Waals surface area contributed by atoms with Crippen molar-refractivity contribution in [1.29, 1.82) is 0 Å². The second-order valence-corrected chi connectivity index (χ2v) is 10.1. The van der Waals surface area contributed by atoms with Gasteiger partial charge in [0.05, 0.1) is 23.3 Å². The minimum absolute atomic E-state index is 0.138. The predicted molar refractivity (Wildman–Crippen MR) is 115 cm³/mol. The number of hydrogen-bond donors (Lipinski definition) is 0. The van der Waals surface area contributed by atoms with Crippen LogP contribution >= 0.6 is 11.8 Å². The van der Waals surface area contributed by atoms with Crippen LogP contribution in [0.1, 0.15) is 57.2 Å². The second-order valence-electron chi connectivity index (χ2n) is 9.17. The first-order valence-corrected chi connectivity index (χ1v) is 10.7. The maximum absolute atomic E-state index is 11.9. The highest BCUT2D eigenvalue weighted by Gasteiger charge is 2.37. The van der Waals surface area contributed by atoms with Gasteiger partial charge in [0.2, 0.25) is 5.91 Å². The van der Waals surface area contributed by atoms with Gasteiger partial charge in [-0.15, -0.1) is 0 Å². The molecule has 4 rings (SSSR count). The summed E-state index contributed by atoms with van der Waals surface area (Å²) in [6, 6.07) is 8.35. The predicted octanol–water partition coefficient (Wildman–Crippen LogP) is 5.61. The van der Waals surface area contributed by atoms with E-state index in [1.54, 1.807) is 6.20 Å². The number of rotatable bonds is 2. The van der Waals surface area contributed by atoms with Crippen LogP contribution in [0.25, 0.3) is 11.3 Å². The second kappa shape index (κ2) is 6.45. The van der Waals surface area contributed by atoms with Gasteiger partial charge >= 0.3 is 0 Å². The molecule has 0 unspecified atom stereocenters. The average molecular weight is 395 g/mol. The van der Waals surface area contributed by atoms with E-state index in [0.29, 0.717) is 5.69 Å². The fourth-order valence-corrected chi connectivity index (χ4v) is 4.99. The van der Waals surface area contributed by atoms with Crippen LogP contribution in [0.5, 0.6) is 0 Å². The number of pyridine rings is 1. The fourth-order valence-electron chi connectivity index (χ4n) is 4.28. The Kier molecular flexibility index (Phi) is 4.42. The van der Waals surface area contributed by atoms with E-state index in [1.807, 2.05) is 12.1 Å². The van der Waals surface area contributed by atoms with Crippen LogP contribution in [0.2, 0.25) is 0 Å². The molecule has 0 radical (unpaired) electrons. The van der Waals surface area contributed by atoms with Crippen molar-refractivity contribution in [2.45, 2.75) is 58.3 Å². The van der Waals surface area contributed by atoms with E-state index in [1.165, 1.54) is 34.4 Å². The minimum atomic E-state index is -0.228. The molecule has 5 heteroatoms. The third-order valence-corrected chi connectivity index (χ3v) is 7.05. The van der Waals surface area contributed by atoms with E-state index in [-0.39, 0.29) is 27.7 Å². The topological polar surface area (TPSA) is 50.3 Å². The number of carbonyl (C=O) groups excluding carboxylic acids is 2. The molecule has 2 heterocycles. The molecule has 0 spiro atoms. The van der Waals surface area contributed by atoms with Crippen molar-refractivity contribution < 1.29 is 9.59 Å². The lowest BCUT2D eigenvalue weighted by atomic mass is 9.62. The summed E-state index contributed by atoms with van der Waals surface area (Å²) in [7, 11) is 0. The molecule has 2 aromatic rings. The summed E-state index contributed by atoms with van der Waals surface area (Å²) in [6.45, 7) is 11.4. The lowest BCUT2D eigenvalue weighted by Crippen LogP contribution is -2.34. The Hall–Kier alpha value is -2.14. The lowest BCUT2D eigenvalue weighted by molar-refractivity contribution is -0.115. The summed E-state index contributed by atoms with van der Waals surface area (Å²) >= 11 is 1.04. The number of amides is 2. The number of nitrogens with zero attached hydrogens (tertiary/aromatic N) is 2. The maximum Gasteiger partial charge on any atom is 0.293 e. The molecule has 0 saturated carbocycles. The zero-order valence-electron chi connectivity index (χ0n) is 17.1. The molecule has 1 aromatic carbocycles. The number of benzene rings is 1. The number of hydrogen-bond acceptors (Lipinski definition) is 4. The van der Waals surface area contributed by atoms with Gasteiger partial charge in [-0.2, -0.15) is 0 Å². The maximum atomic E-state index is 11.9. The van der Waals surface area contributed by atoms with Crippen molar-refractivity contribution in [1.82, 2.24) is 4.98 Å². The van der Waals surface area contributed by atoms with E-state index < -0.39 is 0 Å². The van der Waals surface area contributed by atoms with Gasteiger partial charge in [0.15, 0.2) is 0 Å². The van der Waals surface area contributed by atoms with Gasteiger partial charge in [-0.1, -0.05) is 45.5 Å². The third-order valence-electron chi connectivity index (χ3n) is 6.23. The molecule has 1 aliphatic heterocycles. The van der Waals surface area contributed by atoms with Gasteiger partial charge in [-0.05, 0) is 65.5 Å². The highest BCUT2D eigenvalue weighted by molar-refractivity contribution is 8.15. The summed E-state index contributed by atoms with van der Waals surface area (Å²) in [5, 5.41) is -0.228. The first-order chi connectivity index (χ1) is 13.1. The van der Waals surface area contributed by atoms with Crippen molar-refractivity contribution in [3.8, 4) is 11.3 Å². The summed E-state index contributed by atoms with van der Waals surface area (Å²) in [4.78, 5) is 29.7. The van der Waals surface area contributed by atoms with Gasteiger partial charge in [0.25, 0.3) is 5.24 Å². The zero-order chi connectivity index (χ0) is 20.3. The Labute approximate surface area is 170 Å². The van der Waals surface area contributed by atoms with Gasteiger partial charge in [-0.3, -0.25) is 14.6 Å². The van der Waals surface area contributed by atoms with E-state index in [0.717, 1.165) is 23.0 Å². The normalized spacial score (nSPS) is 20.4. The molecule has 146 valence electrons. The van der Waals surface area contributed by atoms with Crippen molar-refractivity contribution in [2.75, 3.05) is 10.7 Å².